The minimum Gasteiger partial charge on any atom is -0.280 e. The molecule has 3 rings (SSSR count). The van der Waals surface area contributed by atoms with Gasteiger partial charge in [0.25, 0.3) is 10.0 Å². The highest BCUT2D eigenvalue weighted by atomic mass is 32.2. The fourth-order valence-electron chi connectivity index (χ4n) is 2.61. The molecule has 25 heavy (non-hydrogen) atoms. The molecule has 0 aliphatic heterocycles. The van der Waals surface area contributed by atoms with Gasteiger partial charge in [-0.3, -0.25) is 4.72 Å². The molecule has 0 saturated heterocycles. The van der Waals surface area contributed by atoms with Gasteiger partial charge < -0.3 is 0 Å². The van der Waals surface area contributed by atoms with E-state index < -0.39 is 10.0 Å². The van der Waals surface area contributed by atoms with Gasteiger partial charge >= 0.3 is 0 Å². The van der Waals surface area contributed by atoms with Crippen molar-refractivity contribution in [3.05, 3.63) is 84.4 Å². The Kier molecular flexibility index (Phi) is 4.91. The van der Waals surface area contributed by atoms with Crippen LogP contribution in [0.2, 0.25) is 0 Å². The quantitative estimate of drug-likeness (QED) is 0.680. The summed E-state index contributed by atoms with van der Waals surface area (Å²) in [6, 6.07) is 24.3. The SMILES string of the molecule is CC(C)c1ccc(NS(=O)(=O)c2ccc(-c3ccccc3)cc2)cc1. The average Bonchev–Trinajstić information content (AvgIpc) is 2.63. The second-order valence-corrected chi connectivity index (χ2v) is 7.96. The summed E-state index contributed by atoms with van der Waals surface area (Å²) in [6.07, 6.45) is 0. The van der Waals surface area contributed by atoms with Gasteiger partial charge in [-0.05, 0) is 46.9 Å². The Balaban J connectivity index is 1.80. The summed E-state index contributed by atoms with van der Waals surface area (Å²) >= 11 is 0. The van der Waals surface area contributed by atoms with Crippen LogP contribution >= 0.6 is 0 Å². The van der Waals surface area contributed by atoms with Crippen molar-refractivity contribution >= 4 is 15.7 Å². The van der Waals surface area contributed by atoms with Crippen molar-refractivity contribution in [3.63, 3.8) is 0 Å². The van der Waals surface area contributed by atoms with Crippen molar-refractivity contribution in [1.82, 2.24) is 0 Å². The van der Waals surface area contributed by atoms with E-state index in [1.54, 1.807) is 24.3 Å². The lowest BCUT2D eigenvalue weighted by atomic mass is 10.0. The highest BCUT2D eigenvalue weighted by Crippen LogP contribution is 2.23. The zero-order valence-electron chi connectivity index (χ0n) is 14.3. The molecular formula is C21H21NO2S. The Bertz CT molecular complexity index is 929. The molecule has 4 heteroatoms. The molecule has 0 amide bonds. The topological polar surface area (TPSA) is 46.2 Å². The second kappa shape index (κ2) is 7.11. The lowest BCUT2D eigenvalue weighted by molar-refractivity contribution is 0.601. The van der Waals surface area contributed by atoms with Crippen LogP contribution in [-0.4, -0.2) is 8.42 Å². The van der Waals surface area contributed by atoms with Gasteiger partial charge in [-0.2, -0.15) is 0 Å². The van der Waals surface area contributed by atoms with E-state index in [9.17, 15) is 8.42 Å². The van der Waals surface area contributed by atoms with Crippen molar-refractivity contribution in [1.29, 1.82) is 0 Å². The van der Waals surface area contributed by atoms with Gasteiger partial charge in [0.05, 0.1) is 4.90 Å². The third kappa shape index (κ3) is 4.09. The van der Waals surface area contributed by atoms with E-state index in [0.717, 1.165) is 11.1 Å². The van der Waals surface area contributed by atoms with Crippen molar-refractivity contribution in [2.24, 2.45) is 0 Å². The molecule has 3 aromatic carbocycles. The summed E-state index contributed by atoms with van der Waals surface area (Å²) in [5, 5.41) is 0. The highest BCUT2D eigenvalue weighted by Gasteiger charge is 2.14. The third-order valence-corrected chi connectivity index (χ3v) is 5.50. The van der Waals surface area contributed by atoms with E-state index in [1.165, 1.54) is 5.56 Å². The van der Waals surface area contributed by atoms with Crippen LogP contribution in [-0.2, 0) is 10.0 Å². The lowest BCUT2D eigenvalue weighted by Crippen LogP contribution is -2.12. The normalized spacial score (nSPS) is 11.5. The molecule has 0 radical (unpaired) electrons. The van der Waals surface area contributed by atoms with Crippen LogP contribution in [0, 0.1) is 0 Å². The Labute approximate surface area is 149 Å². The fraction of sp³-hybridized carbons (Fsp3) is 0.143. The van der Waals surface area contributed by atoms with Crippen molar-refractivity contribution in [2.75, 3.05) is 4.72 Å². The van der Waals surface area contributed by atoms with Gasteiger partial charge in [0.2, 0.25) is 0 Å². The van der Waals surface area contributed by atoms with Crippen LogP contribution < -0.4 is 4.72 Å². The molecule has 128 valence electrons. The zero-order valence-corrected chi connectivity index (χ0v) is 15.1. The first kappa shape index (κ1) is 17.2. The average molecular weight is 351 g/mol. The molecule has 3 aromatic rings. The first-order valence-corrected chi connectivity index (χ1v) is 9.72. The maximum atomic E-state index is 12.6. The molecule has 1 N–H and O–H groups in total. The first-order chi connectivity index (χ1) is 12.0. The van der Waals surface area contributed by atoms with Gasteiger partial charge in [0.15, 0.2) is 0 Å². The van der Waals surface area contributed by atoms with Crippen LogP contribution in [0.3, 0.4) is 0 Å². The number of rotatable bonds is 5. The molecule has 0 atom stereocenters. The number of nitrogens with one attached hydrogen (secondary N) is 1. The lowest BCUT2D eigenvalue weighted by Gasteiger charge is -2.11. The Morgan fingerprint density at radius 3 is 1.84 bits per heavy atom. The van der Waals surface area contributed by atoms with Crippen LogP contribution in [0.1, 0.15) is 25.3 Å². The number of sulfonamides is 1. The second-order valence-electron chi connectivity index (χ2n) is 6.27. The summed E-state index contributed by atoms with van der Waals surface area (Å²) in [4.78, 5) is 0.250. The summed E-state index contributed by atoms with van der Waals surface area (Å²) < 4.78 is 27.7. The van der Waals surface area contributed by atoms with Gasteiger partial charge in [-0.15, -0.1) is 0 Å². The molecular weight excluding hydrogens is 330 g/mol. The van der Waals surface area contributed by atoms with Gasteiger partial charge in [0.1, 0.15) is 0 Å². The predicted octanol–water partition coefficient (Wildman–Crippen LogP) is 5.28. The molecule has 0 saturated carbocycles. The minimum atomic E-state index is -3.60. The van der Waals surface area contributed by atoms with E-state index in [1.807, 2.05) is 54.6 Å². The molecule has 0 fully saturated rings. The Hall–Kier alpha value is -2.59. The fourth-order valence-corrected chi connectivity index (χ4v) is 3.67. The van der Waals surface area contributed by atoms with Crippen molar-refractivity contribution in [2.45, 2.75) is 24.7 Å². The van der Waals surface area contributed by atoms with E-state index >= 15 is 0 Å². The largest absolute Gasteiger partial charge is 0.280 e. The molecule has 0 heterocycles. The smallest absolute Gasteiger partial charge is 0.261 e. The number of hydrogen-bond acceptors (Lipinski definition) is 2. The number of anilines is 1. The third-order valence-electron chi connectivity index (χ3n) is 4.10. The van der Waals surface area contributed by atoms with E-state index in [0.29, 0.717) is 11.6 Å². The molecule has 0 aromatic heterocycles. The molecule has 0 unspecified atom stereocenters. The summed E-state index contributed by atoms with van der Waals surface area (Å²) in [5.74, 6) is 0.413. The maximum Gasteiger partial charge on any atom is 0.261 e. The van der Waals surface area contributed by atoms with Crippen LogP contribution in [0.25, 0.3) is 11.1 Å². The van der Waals surface area contributed by atoms with Gasteiger partial charge in [-0.1, -0.05) is 68.4 Å². The standard InChI is InChI=1S/C21H21NO2S/c1-16(2)17-8-12-20(13-9-17)22-25(23,24)21-14-10-19(11-15-21)18-6-4-3-5-7-18/h3-16,22H,1-2H3. The van der Waals surface area contributed by atoms with E-state index in [-0.39, 0.29) is 4.90 Å². The van der Waals surface area contributed by atoms with Crippen molar-refractivity contribution in [3.8, 4) is 11.1 Å². The molecule has 0 aliphatic carbocycles. The molecule has 0 bridgehead atoms. The molecule has 0 aliphatic rings. The number of hydrogen-bond donors (Lipinski definition) is 1. The van der Waals surface area contributed by atoms with E-state index in [2.05, 4.69) is 18.6 Å². The first-order valence-electron chi connectivity index (χ1n) is 8.24. The monoisotopic (exact) mass is 351 g/mol. The molecule has 3 nitrogen and oxygen atoms in total. The predicted molar refractivity (Wildman–Crippen MR) is 103 cm³/mol. The van der Waals surface area contributed by atoms with Crippen LogP contribution in [0.4, 0.5) is 5.69 Å². The Morgan fingerprint density at radius 1 is 0.720 bits per heavy atom. The minimum absolute atomic E-state index is 0.250. The van der Waals surface area contributed by atoms with Crippen LogP contribution in [0.15, 0.2) is 83.8 Å². The van der Waals surface area contributed by atoms with Crippen molar-refractivity contribution < 1.29 is 8.42 Å². The van der Waals surface area contributed by atoms with Gasteiger partial charge in [-0.25, -0.2) is 8.42 Å². The molecule has 0 spiro atoms. The zero-order chi connectivity index (χ0) is 17.9. The summed E-state index contributed by atoms with van der Waals surface area (Å²) in [7, 11) is -3.60. The highest BCUT2D eigenvalue weighted by molar-refractivity contribution is 7.92. The van der Waals surface area contributed by atoms with E-state index in [4.69, 9.17) is 0 Å². The van der Waals surface area contributed by atoms with Gasteiger partial charge in [0, 0.05) is 5.69 Å². The van der Waals surface area contributed by atoms with Crippen LogP contribution in [0.5, 0.6) is 0 Å². The summed E-state index contributed by atoms with van der Waals surface area (Å²) in [5.41, 5.74) is 3.79. The Morgan fingerprint density at radius 2 is 1.28 bits per heavy atom. The summed E-state index contributed by atoms with van der Waals surface area (Å²) in [6.45, 7) is 4.21. The maximum absolute atomic E-state index is 12.6. The number of benzene rings is 3.